The smallest absolute Gasteiger partial charge is 0.113 e. The largest absolute Gasteiger partial charge is 0.363 e. The molecule has 0 amide bonds. The fourth-order valence-electron chi connectivity index (χ4n) is 2.53. The van der Waals surface area contributed by atoms with Crippen molar-refractivity contribution in [1.29, 1.82) is 0 Å². The summed E-state index contributed by atoms with van der Waals surface area (Å²) in [5.74, 6) is 0. The summed E-state index contributed by atoms with van der Waals surface area (Å²) in [5, 5.41) is 8.40. The maximum Gasteiger partial charge on any atom is 0.113 e. The van der Waals surface area contributed by atoms with Gasteiger partial charge in [-0.25, -0.2) is 4.68 Å². The molecule has 0 aliphatic carbocycles. The molecule has 21 heavy (non-hydrogen) atoms. The third kappa shape index (κ3) is 2.21. The molecule has 2 heterocycles. The van der Waals surface area contributed by atoms with E-state index in [1.54, 1.807) is 0 Å². The maximum absolute atomic E-state index is 4.22. The summed E-state index contributed by atoms with van der Waals surface area (Å²) in [4.78, 5) is 3.32. The van der Waals surface area contributed by atoms with Gasteiger partial charge in [-0.1, -0.05) is 47.7 Å². The Kier molecular flexibility index (Phi) is 2.78. The molecule has 0 radical (unpaired) electrons. The normalized spacial score (nSPS) is 11.0. The minimum atomic E-state index is 0.688. The number of fused-ring (bicyclic) bond motifs is 1. The predicted molar refractivity (Wildman–Crippen MR) is 82.9 cm³/mol. The molecule has 0 saturated carbocycles. The molecular weight excluding hydrogens is 260 g/mol. The summed E-state index contributed by atoms with van der Waals surface area (Å²) >= 11 is 0. The van der Waals surface area contributed by atoms with Crippen molar-refractivity contribution in [2.24, 2.45) is 0 Å². The van der Waals surface area contributed by atoms with Gasteiger partial charge in [0.05, 0.1) is 12.1 Å². The first-order valence-corrected chi connectivity index (χ1v) is 6.91. The summed E-state index contributed by atoms with van der Waals surface area (Å²) in [6, 6.07) is 20.5. The Hall–Kier alpha value is -2.88. The van der Waals surface area contributed by atoms with Gasteiger partial charge in [0.25, 0.3) is 0 Å². The molecule has 4 heteroatoms. The maximum atomic E-state index is 4.22. The molecule has 0 bridgehead atoms. The highest BCUT2D eigenvalue weighted by Crippen LogP contribution is 2.20. The number of nitrogens with one attached hydrogen (secondary N) is 1. The molecule has 2 aromatic heterocycles. The van der Waals surface area contributed by atoms with Crippen LogP contribution in [0.1, 0.15) is 5.69 Å². The van der Waals surface area contributed by atoms with E-state index in [1.807, 2.05) is 53.3 Å². The molecule has 4 nitrogen and oxygen atoms in total. The zero-order valence-electron chi connectivity index (χ0n) is 11.4. The van der Waals surface area contributed by atoms with Gasteiger partial charge in [0.15, 0.2) is 0 Å². The van der Waals surface area contributed by atoms with Crippen LogP contribution in [0.2, 0.25) is 0 Å². The second kappa shape index (κ2) is 4.90. The third-order valence-electron chi connectivity index (χ3n) is 3.59. The van der Waals surface area contributed by atoms with Crippen LogP contribution in [0.5, 0.6) is 0 Å². The first-order chi connectivity index (χ1) is 10.4. The summed E-state index contributed by atoms with van der Waals surface area (Å²) in [7, 11) is 0. The van der Waals surface area contributed by atoms with E-state index in [-0.39, 0.29) is 0 Å². The van der Waals surface area contributed by atoms with Gasteiger partial charge in [-0.15, -0.1) is 5.10 Å². The lowest BCUT2D eigenvalue weighted by atomic mass is 10.1. The first-order valence-electron chi connectivity index (χ1n) is 6.91. The molecule has 0 spiro atoms. The highest BCUT2D eigenvalue weighted by Gasteiger charge is 2.06. The van der Waals surface area contributed by atoms with Crippen LogP contribution in [0.4, 0.5) is 0 Å². The molecule has 4 rings (SSSR count). The molecular formula is C17H14N4. The molecule has 1 N–H and O–H groups in total. The van der Waals surface area contributed by atoms with Gasteiger partial charge in [0.1, 0.15) is 5.52 Å². The molecule has 0 fully saturated rings. The lowest BCUT2D eigenvalue weighted by molar-refractivity contribution is 0.660. The molecule has 4 aromatic rings. The number of para-hydroxylation sites is 1. The topological polar surface area (TPSA) is 46.5 Å². The molecule has 0 atom stereocenters. The van der Waals surface area contributed by atoms with E-state index < -0.39 is 0 Å². The van der Waals surface area contributed by atoms with E-state index in [9.17, 15) is 0 Å². The Morgan fingerprint density at radius 2 is 1.71 bits per heavy atom. The van der Waals surface area contributed by atoms with E-state index in [2.05, 4.69) is 33.5 Å². The number of nitrogens with zero attached hydrogens (tertiary/aromatic N) is 3. The van der Waals surface area contributed by atoms with Crippen LogP contribution < -0.4 is 0 Å². The Morgan fingerprint density at radius 3 is 2.62 bits per heavy atom. The van der Waals surface area contributed by atoms with Gasteiger partial charge in [0.2, 0.25) is 0 Å². The number of benzene rings is 2. The van der Waals surface area contributed by atoms with E-state index in [0.29, 0.717) is 6.54 Å². The number of aromatic nitrogens is 4. The lowest BCUT2D eigenvalue weighted by Gasteiger charge is -1.99. The minimum Gasteiger partial charge on any atom is -0.363 e. The van der Waals surface area contributed by atoms with Gasteiger partial charge in [-0.2, -0.15) is 0 Å². The SMILES string of the molecule is c1ccc(-c2c[nH]c(Cn3nnc4ccccc43)c2)cc1. The van der Waals surface area contributed by atoms with Crippen molar-refractivity contribution in [3.8, 4) is 11.1 Å². The molecule has 0 aliphatic heterocycles. The molecule has 0 saturated heterocycles. The summed E-state index contributed by atoms with van der Waals surface area (Å²) in [6.07, 6.45) is 2.03. The number of rotatable bonds is 3. The van der Waals surface area contributed by atoms with Gasteiger partial charge in [0, 0.05) is 11.9 Å². The fraction of sp³-hybridized carbons (Fsp3) is 0.0588. The van der Waals surface area contributed by atoms with E-state index in [0.717, 1.165) is 16.7 Å². The average Bonchev–Trinajstić information content (AvgIpc) is 3.17. The standard InChI is InChI=1S/C17H14N4/c1-2-6-13(7-3-1)14-10-15(18-11-14)12-21-17-9-5-4-8-16(17)19-20-21/h1-11,18H,12H2. The van der Waals surface area contributed by atoms with Gasteiger partial charge >= 0.3 is 0 Å². The third-order valence-corrected chi connectivity index (χ3v) is 3.59. The monoisotopic (exact) mass is 274 g/mol. The Labute approximate surface area is 122 Å². The lowest BCUT2D eigenvalue weighted by Crippen LogP contribution is -2.01. The van der Waals surface area contributed by atoms with E-state index >= 15 is 0 Å². The minimum absolute atomic E-state index is 0.688. The highest BCUT2D eigenvalue weighted by molar-refractivity contribution is 5.74. The highest BCUT2D eigenvalue weighted by atomic mass is 15.4. The first kappa shape index (κ1) is 11.9. The second-order valence-corrected chi connectivity index (χ2v) is 5.02. The Morgan fingerprint density at radius 1 is 0.905 bits per heavy atom. The summed E-state index contributed by atoms with van der Waals surface area (Å²) in [5.41, 5.74) is 5.49. The van der Waals surface area contributed by atoms with Crippen molar-refractivity contribution in [3.63, 3.8) is 0 Å². The quantitative estimate of drug-likeness (QED) is 0.621. The zero-order valence-corrected chi connectivity index (χ0v) is 11.4. The van der Waals surface area contributed by atoms with Gasteiger partial charge in [-0.3, -0.25) is 0 Å². The number of aromatic amines is 1. The van der Waals surface area contributed by atoms with Crippen molar-refractivity contribution in [2.45, 2.75) is 6.54 Å². The fourth-order valence-corrected chi connectivity index (χ4v) is 2.53. The molecule has 0 unspecified atom stereocenters. The number of H-pyrrole nitrogens is 1. The zero-order chi connectivity index (χ0) is 14.1. The van der Waals surface area contributed by atoms with Crippen LogP contribution >= 0.6 is 0 Å². The van der Waals surface area contributed by atoms with Gasteiger partial charge < -0.3 is 4.98 Å². The Bertz CT molecular complexity index is 874. The van der Waals surface area contributed by atoms with Crippen molar-refractivity contribution < 1.29 is 0 Å². The van der Waals surface area contributed by atoms with Crippen molar-refractivity contribution in [3.05, 3.63) is 72.6 Å². The summed E-state index contributed by atoms with van der Waals surface area (Å²) < 4.78 is 1.91. The second-order valence-electron chi connectivity index (χ2n) is 5.02. The van der Waals surface area contributed by atoms with Crippen molar-refractivity contribution >= 4 is 11.0 Å². The Balaban J connectivity index is 1.65. The van der Waals surface area contributed by atoms with Crippen LogP contribution in [-0.4, -0.2) is 20.0 Å². The van der Waals surface area contributed by atoms with Crippen LogP contribution in [0, 0.1) is 0 Å². The molecule has 102 valence electrons. The van der Waals surface area contributed by atoms with Crippen molar-refractivity contribution in [2.75, 3.05) is 0 Å². The van der Waals surface area contributed by atoms with Crippen LogP contribution in [0.3, 0.4) is 0 Å². The van der Waals surface area contributed by atoms with E-state index in [1.165, 1.54) is 11.1 Å². The van der Waals surface area contributed by atoms with E-state index in [4.69, 9.17) is 0 Å². The van der Waals surface area contributed by atoms with Crippen LogP contribution in [0.15, 0.2) is 66.9 Å². The molecule has 2 aromatic carbocycles. The number of hydrogen-bond acceptors (Lipinski definition) is 2. The van der Waals surface area contributed by atoms with Crippen molar-refractivity contribution in [1.82, 2.24) is 20.0 Å². The summed E-state index contributed by atoms with van der Waals surface area (Å²) in [6.45, 7) is 0.688. The molecule has 0 aliphatic rings. The van der Waals surface area contributed by atoms with Crippen LogP contribution in [0.25, 0.3) is 22.2 Å². The number of hydrogen-bond donors (Lipinski definition) is 1. The average molecular weight is 274 g/mol. The van der Waals surface area contributed by atoms with Crippen LogP contribution in [-0.2, 0) is 6.54 Å². The predicted octanol–water partition coefficient (Wildman–Crippen LogP) is 3.47. The van der Waals surface area contributed by atoms with Gasteiger partial charge in [-0.05, 0) is 29.3 Å².